The van der Waals surface area contributed by atoms with Crippen molar-refractivity contribution < 1.29 is 5.11 Å². The van der Waals surface area contributed by atoms with Crippen molar-refractivity contribution in [3.63, 3.8) is 0 Å². The molecule has 0 saturated carbocycles. The summed E-state index contributed by atoms with van der Waals surface area (Å²) in [6, 6.07) is 12.7. The first-order chi connectivity index (χ1) is 9.63. The van der Waals surface area contributed by atoms with E-state index in [1.54, 1.807) is 12.1 Å². The molecular weight excluding hydrogens is 293 g/mol. The molecule has 0 aliphatic heterocycles. The highest BCUT2D eigenvalue weighted by atomic mass is 35.5. The highest BCUT2D eigenvalue weighted by Gasteiger charge is 2.17. The molecule has 0 radical (unpaired) electrons. The van der Waals surface area contributed by atoms with Gasteiger partial charge in [-0.15, -0.1) is 0 Å². The van der Waals surface area contributed by atoms with Gasteiger partial charge >= 0.3 is 0 Å². The molecule has 2 rings (SSSR count). The van der Waals surface area contributed by atoms with Crippen LogP contribution in [0.1, 0.15) is 30.6 Å². The van der Waals surface area contributed by atoms with Gasteiger partial charge in [0.2, 0.25) is 0 Å². The third-order valence-electron chi connectivity index (χ3n) is 3.07. The van der Waals surface area contributed by atoms with Gasteiger partial charge in [-0.3, -0.25) is 0 Å². The third kappa shape index (κ3) is 3.45. The molecule has 2 aromatic carbocycles. The minimum absolute atomic E-state index is 0.543. The van der Waals surface area contributed by atoms with Crippen LogP contribution < -0.4 is 5.32 Å². The fourth-order valence-corrected chi connectivity index (χ4v) is 2.46. The number of aliphatic hydroxyl groups excluding tert-OH is 1. The van der Waals surface area contributed by atoms with E-state index in [1.807, 2.05) is 30.3 Å². The van der Waals surface area contributed by atoms with E-state index in [9.17, 15) is 5.11 Å². The van der Waals surface area contributed by atoms with Crippen molar-refractivity contribution in [2.24, 2.45) is 0 Å². The number of hydrogen-bond acceptors (Lipinski definition) is 2. The van der Waals surface area contributed by atoms with Crippen LogP contribution in [0.3, 0.4) is 0 Å². The summed E-state index contributed by atoms with van der Waals surface area (Å²) < 4.78 is 0. The highest BCUT2D eigenvalue weighted by molar-refractivity contribution is 6.31. The first-order valence-corrected chi connectivity index (χ1v) is 7.35. The van der Waals surface area contributed by atoms with Gasteiger partial charge in [-0.25, -0.2) is 0 Å². The second-order valence-corrected chi connectivity index (χ2v) is 5.43. The number of nitrogens with one attached hydrogen (secondary N) is 1. The van der Waals surface area contributed by atoms with Gasteiger partial charge in [0.1, 0.15) is 6.10 Å². The van der Waals surface area contributed by atoms with Gasteiger partial charge in [-0.2, -0.15) is 0 Å². The number of aliphatic hydroxyl groups is 1. The maximum absolute atomic E-state index is 10.6. The van der Waals surface area contributed by atoms with Gasteiger partial charge in [-0.05, 0) is 30.7 Å². The summed E-state index contributed by atoms with van der Waals surface area (Å²) in [5.41, 5.74) is 2.29. The molecule has 20 heavy (non-hydrogen) atoms. The molecule has 106 valence electrons. The molecule has 0 aromatic heterocycles. The van der Waals surface area contributed by atoms with E-state index < -0.39 is 6.10 Å². The SMILES string of the molecule is CCCNc1ccc(Cl)cc1C(O)c1ccccc1Cl. The predicted octanol–water partition coefficient (Wildman–Crippen LogP) is 4.90. The minimum atomic E-state index is -0.804. The summed E-state index contributed by atoms with van der Waals surface area (Å²) in [4.78, 5) is 0. The van der Waals surface area contributed by atoms with Gasteiger partial charge in [0, 0.05) is 33.4 Å². The summed E-state index contributed by atoms with van der Waals surface area (Å²) in [5, 5.41) is 15.0. The molecule has 2 N–H and O–H groups in total. The molecule has 0 aliphatic carbocycles. The monoisotopic (exact) mass is 309 g/mol. The van der Waals surface area contributed by atoms with Gasteiger partial charge in [-0.1, -0.05) is 48.3 Å². The van der Waals surface area contributed by atoms with E-state index in [0.29, 0.717) is 15.6 Å². The maximum atomic E-state index is 10.6. The van der Waals surface area contributed by atoms with Crippen LogP contribution in [0.25, 0.3) is 0 Å². The molecule has 4 heteroatoms. The molecule has 1 atom stereocenters. The van der Waals surface area contributed by atoms with Crippen LogP contribution >= 0.6 is 23.2 Å². The topological polar surface area (TPSA) is 32.3 Å². The average Bonchev–Trinajstić information content (AvgIpc) is 2.46. The quantitative estimate of drug-likeness (QED) is 0.823. The molecule has 0 saturated heterocycles. The lowest BCUT2D eigenvalue weighted by molar-refractivity contribution is 0.221. The zero-order valence-electron chi connectivity index (χ0n) is 11.2. The van der Waals surface area contributed by atoms with E-state index >= 15 is 0 Å². The van der Waals surface area contributed by atoms with E-state index in [-0.39, 0.29) is 0 Å². The second kappa shape index (κ2) is 6.98. The first-order valence-electron chi connectivity index (χ1n) is 6.59. The lowest BCUT2D eigenvalue weighted by atomic mass is 9.99. The molecule has 2 aromatic rings. The van der Waals surface area contributed by atoms with Crippen LogP contribution in [0.5, 0.6) is 0 Å². The Bertz CT molecular complexity index is 586. The van der Waals surface area contributed by atoms with Crippen molar-refractivity contribution in [3.8, 4) is 0 Å². The summed E-state index contributed by atoms with van der Waals surface area (Å²) in [5.74, 6) is 0. The Labute approximate surface area is 129 Å². The summed E-state index contributed by atoms with van der Waals surface area (Å²) in [6.07, 6.45) is 0.200. The number of anilines is 1. The number of rotatable bonds is 5. The Kier molecular flexibility index (Phi) is 5.30. The van der Waals surface area contributed by atoms with Crippen LogP contribution in [0.15, 0.2) is 42.5 Å². The fourth-order valence-electron chi connectivity index (χ4n) is 2.04. The van der Waals surface area contributed by atoms with Gasteiger partial charge in [0.05, 0.1) is 0 Å². The first kappa shape index (κ1) is 15.2. The molecule has 1 unspecified atom stereocenters. The normalized spacial score (nSPS) is 12.2. The van der Waals surface area contributed by atoms with Crippen LogP contribution in [0.2, 0.25) is 10.0 Å². The molecule has 0 amide bonds. The Balaban J connectivity index is 2.40. The largest absolute Gasteiger partial charge is 0.385 e. The minimum Gasteiger partial charge on any atom is -0.385 e. The van der Waals surface area contributed by atoms with Crippen molar-refractivity contribution in [2.75, 3.05) is 11.9 Å². The molecule has 2 nitrogen and oxygen atoms in total. The van der Waals surface area contributed by atoms with Crippen molar-refractivity contribution in [3.05, 3.63) is 63.6 Å². The third-order valence-corrected chi connectivity index (χ3v) is 3.65. The molecule has 0 aliphatic rings. The van der Waals surface area contributed by atoms with Crippen LogP contribution in [-0.2, 0) is 0 Å². The summed E-state index contributed by atoms with van der Waals surface area (Å²) in [6.45, 7) is 2.93. The Hall–Kier alpha value is -1.22. The van der Waals surface area contributed by atoms with E-state index in [0.717, 1.165) is 24.2 Å². The highest BCUT2D eigenvalue weighted by Crippen LogP contribution is 2.33. The lowest BCUT2D eigenvalue weighted by Gasteiger charge is -2.18. The maximum Gasteiger partial charge on any atom is 0.108 e. The zero-order valence-corrected chi connectivity index (χ0v) is 12.7. The standard InChI is InChI=1S/C16H17Cl2NO/c1-2-9-19-15-8-7-11(17)10-13(15)16(20)12-5-3-4-6-14(12)18/h3-8,10,16,19-20H,2,9H2,1H3. The van der Waals surface area contributed by atoms with Crippen LogP contribution in [0, 0.1) is 0 Å². The molecule has 0 heterocycles. The molecule has 0 spiro atoms. The Morgan fingerprint density at radius 1 is 1.10 bits per heavy atom. The number of halogens is 2. The lowest BCUT2D eigenvalue weighted by Crippen LogP contribution is -2.08. The Morgan fingerprint density at radius 2 is 1.85 bits per heavy atom. The molecule has 0 bridgehead atoms. The van der Waals surface area contributed by atoms with E-state index in [1.165, 1.54) is 0 Å². The van der Waals surface area contributed by atoms with Gasteiger partial charge < -0.3 is 10.4 Å². The summed E-state index contributed by atoms with van der Waals surface area (Å²) in [7, 11) is 0. The fraction of sp³-hybridized carbons (Fsp3) is 0.250. The number of benzene rings is 2. The molecular formula is C16H17Cl2NO. The van der Waals surface area contributed by atoms with Crippen LogP contribution in [0.4, 0.5) is 5.69 Å². The van der Waals surface area contributed by atoms with Crippen molar-refractivity contribution in [2.45, 2.75) is 19.4 Å². The smallest absolute Gasteiger partial charge is 0.108 e. The van der Waals surface area contributed by atoms with Crippen LogP contribution in [-0.4, -0.2) is 11.7 Å². The van der Waals surface area contributed by atoms with E-state index in [4.69, 9.17) is 23.2 Å². The van der Waals surface area contributed by atoms with Crippen molar-refractivity contribution in [1.82, 2.24) is 0 Å². The van der Waals surface area contributed by atoms with Gasteiger partial charge in [0.15, 0.2) is 0 Å². The second-order valence-electron chi connectivity index (χ2n) is 4.58. The predicted molar refractivity (Wildman–Crippen MR) is 85.7 cm³/mol. The van der Waals surface area contributed by atoms with Crippen molar-refractivity contribution in [1.29, 1.82) is 0 Å². The zero-order chi connectivity index (χ0) is 14.5. The average molecular weight is 310 g/mol. The molecule has 0 fully saturated rings. The summed E-state index contributed by atoms with van der Waals surface area (Å²) >= 11 is 12.2. The van der Waals surface area contributed by atoms with Gasteiger partial charge in [0.25, 0.3) is 0 Å². The van der Waals surface area contributed by atoms with Crippen molar-refractivity contribution >= 4 is 28.9 Å². The van der Waals surface area contributed by atoms with E-state index in [2.05, 4.69) is 12.2 Å². The number of hydrogen-bond donors (Lipinski definition) is 2. The Morgan fingerprint density at radius 3 is 2.55 bits per heavy atom.